The Balaban J connectivity index is 1.73. The molecule has 0 spiro atoms. The molecule has 114 valence electrons. The molecule has 1 aromatic heterocycles. The van der Waals surface area contributed by atoms with Crippen molar-refractivity contribution in [3.05, 3.63) is 17.5 Å². The third-order valence-corrected chi connectivity index (χ3v) is 4.66. The molecule has 2 aliphatic rings. The first kappa shape index (κ1) is 14.1. The number of nitrogens with one attached hydrogen (secondary N) is 1. The van der Waals surface area contributed by atoms with Gasteiger partial charge in [-0.25, -0.2) is 4.79 Å². The fourth-order valence-corrected chi connectivity index (χ4v) is 3.48. The molecule has 1 aromatic rings. The molecule has 0 unspecified atom stereocenters. The van der Waals surface area contributed by atoms with Crippen LogP contribution in [0.5, 0.6) is 0 Å². The largest absolute Gasteiger partial charge is 0.480 e. The maximum Gasteiger partial charge on any atom is 0.326 e. The van der Waals surface area contributed by atoms with Crippen LogP contribution in [-0.4, -0.2) is 44.7 Å². The molecule has 1 amide bonds. The summed E-state index contributed by atoms with van der Waals surface area (Å²) in [6.45, 7) is 0.501. The van der Waals surface area contributed by atoms with E-state index in [1.54, 1.807) is 0 Å². The number of carbonyl (C=O) groups is 2. The molecule has 0 bridgehead atoms. The van der Waals surface area contributed by atoms with Gasteiger partial charge in [0.15, 0.2) is 0 Å². The number of amides is 1. The van der Waals surface area contributed by atoms with Gasteiger partial charge in [-0.15, -0.1) is 0 Å². The number of aromatic amines is 1. The molecule has 2 N–H and O–H groups in total. The minimum Gasteiger partial charge on any atom is -0.480 e. The Labute approximate surface area is 123 Å². The average Bonchev–Trinajstić information content (AvgIpc) is 3.17. The van der Waals surface area contributed by atoms with Gasteiger partial charge in [-0.1, -0.05) is 19.3 Å². The number of aromatic nitrogens is 2. The number of nitrogens with zero attached hydrogens (tertiary/aromatic N) is 2. The fourth-order valence-electron chi connectivity index (χ4n) is 3.48. The summed E-state index contributed by atoms with van der Waals surface area (Å²) in [4.78, 5) is 25.0. The third-order valence-electron chi connectivity index (χ3n) is 4.66. The van der Waals surface area contributed by atoms with Gasteiger partial charge in [0.05, 0.1) is 0 Å². The molecule has 6 nitrogen and oxygen atoms in total. The average molecular weight is 291 g/mol. The van der Waals surface area contributed by atoms with Crippen LogP contribution in [0.1, 0.15) is 67.0 Å². The summed E-state index contributed by atoms with van der Waals surface area (Å²) in [5.41, 5.74) is 1.37. The van der Waals surface area contributed by atoms with Gasteiger partial charge in [0.1, 0.15) is 11.7 Å². The first-order valence-corrected chi connectivity index (χ1v) is 7.76. The van der Waals surface area contributed by atoms with Gasteiger partial charge in [-0.2, -0.15) is 5.10 Å². The summed E-state index contributed by atoms with van der Waals surface area (Å²) in [6.07, 6.45) is 7.27. The lowest BCUT2D eigenvalue weighted by Gasteiger charge is -2.20. The highest BCUT2D eigenvalue weighted by Crippen LogP contribution is 2.32. The zero-order valence-corrected chi connectivity index (χ0v) is 12.0. The second-order valence-electron chi connectivity index (χ2n) is 6.04. The van der Waals surface area contributed by atoms with Crippen molar-refractivity contribution in [3.8, 4) is 0 Å². The van der Waals surface area contributed by atoms with Gasteiger partial charge >= 0.3 is 5.97 Å². The van der Waals surface area contributed by atoms with E-state index in [4.69, 9.17) is 5.11 Å². The molecule has 1 aliphatic carbocycles. The van der Waals surface area contributed by atoms with Crippen LogP contribution in [0.25, 0.3) is 0 Å². The molecular weight excluding hydrogens is 270 g/mol. The Morgan fingerprint density at radius 2 is 1.95 bits per heavy atom. The van der Waals surface area contributed by atoms with Crippen molar-refractivity contribution in [1.29, 1.82) is 0 Å². The van der Waals surface area contributed by atoms with Gasteiger partial charge in [0.25, 0.3) is 5.91 Å². The predicted octanol–water partition coefficient (Wildman–Crippen LogP) is 2.15. The van der Waals surface area contributed by atoms with Gasteiger partial charge < -0.3 is 10.0 Å². The minimum atomic E-state index is -0.927. The van der Waals surface area contributed by atoms with Gasteiger partial charge in [0, 0.05) is 18.2 Å². The maximum absolute atomic E-state index is 12.4. The molecule has 1 atom stereocenters. The SMILES string of the molecule is O=C(O)[C@H]1CCCN1C(=O)c1cc(C2CCCCC2)[nH]n1. The van der Waals surface area contributed by atoms with E-state index in [0.29, 0.717) is 24.6 Å². The quantitative estimate of drug-likeness (QED) is 0.893. The molecule has 2 heterocycles. The van der Waals surface area contributed by atoms with E-state index >= 15 is 0 Å². The second-order valence-corrected chi connectivity index (χ2v) is 6.04. The van der Waals surface area contributed by atoms with E-state index in [1.165, 1.54) is 24.2 Å². The lowest BCUT2D eigenvalue weighted by Crippen LogP contribution is -2.40. The van der Waals surface area contributed by atoms with Crippen molar-refractivity contribution in [3.63, 3.8) is 0 Å². The summed E-state index contributed by atoms with van der Waals surface area (Å²) < 4.78 is 0. The minimum absolute atomic E-state index is 0.266. The zero-order chi connectivity index (χ0) is 14.8. The number of carboxylic acids is 1. The molecule has 21 heavy (non-hydrogen) atoms. The van der Waals surface area contributed by atoms with E-state index in [1.807, 2.05) is 6.07 Å². The van der Waals surface area contributed by atoms with Gasteiger partial charge in [-0.05, 0) is 31.7 Å². The number of likely N-dealkylation sites (tertiary alicyclic amines) is 1. The summed E-state index contributed by atoms with van der Waals surface area (Å²) >= 11 is 0. The Kier molecular flexibility index (Phi) is 3.94. The molecular formula is C15H21N3O3. The van der Waals surface area contributed by atoms with Crippen LogP contribution < -0.4 is 0 Å². The van der Waals surface area contributed by atoms with E-state index in [0.717, 1.165) is 25.0 Å². The smallest absolute Gasteiger partial charge is 0.326 e. The number of aliphatic carboxylic acids is 1. The Bertz CT molecular complexity index is 534. The summed E-state index contributed by atoms with van der Waals surface area (Å²) in [7, 11) is 0. The van der Waals surface area contributed by atoms with E-state index in [-0.39, 0.29) is 5.91 Å². The second kappa shape index (κ2) is 5.87. The van der Waals surface area contributed by atoms with Crippen molar-refractivity contribution >= 4 is 11.9 Å². The molecule has 0 aromatic carbocycles. The van der Waals surface area contributed by atoms with E-state index in [9.17, 15) is 9.59 Å². The number of hydrogen-bond donors (Lipinski definition) is 2. The van der Waals surface area contributed by atoms with Crippen molar-refractivity contribution in [1.82, 2.24) is 15.1 Å². The highest BCUT2D eigenvalue weighted by molar-refractivity contribution is 5.95. The van der Waals surface area contributed by atoms with Crippen LogP contribution in [0.4, 0.5) is 0 Å². The zero-order valence-electron chi connectivity index (χ0n) is 12.0. The van der Waals surface area contributed by atoms with Crippen LogP contribution >= 0.6 is 0 Å². The summed E-state index contributed by atoms with van der Waals surface area (Å²) in [5.74, 6) is -0.733. The van der Waals surface area contributed by atoms with Crippen LogP contribution in [0, 0.1) is 0 Å². The first-order valence-electron chi connectivity index (χ1n) is 7.76. The van der Waals surface area contributed by atoms with Gasteiger partial charge in [-0.3, -0.25) is 9.89 Å². The number of hydrogen-bond acceptors (Lipinski definition) is 3. The lowest BCUT2D eigenvalue weighted by atomic mass is 9.87. The van der Waals surface area contributed by atoms with Crippen molar-refractivity contribution in [2.45, 2.75) is 56.9 Å². The number of carbonyl (C=O) groups excluding carboxylic acids is 1. The lowest BCUT2D eigenvalue weighted by molar-refractivity contribution is -0.141. The first-order chi connectivity index (χ1) is 10.2. The predicted molar refractivity (Wildman–Crippen MR) is 76.1 cm³/mol. The molecule has 0 radical (unpaired) electrons. The molecule has 3 rings (SSSR count). The fraction of sp³-hybridized carbons (Fsp3) is 0.667. The standard InChI is InChI=1S/C15H21N3O3/c19-14(18-8-4-7-13(18)15(20)21)12-9-11(16-17-12)10-5-2-1-3-6-10/h9-10,13H,1-8H2,(H,16,17)(H,20,21)/t13-/m1/s1. The highest BCUT2D eigenvalue weighted by atomic mass is 16.4. The molecule has 1 saturated carbocycles. The molecule has 2 fully saturated rings. The number of carboxylic acid groups (broad SMARTS) is 1. The highest BCUT2D eigenvalue weighted by Gasteiger charge is 2.35. The van der Waals surface area contributed by atoms with E-state index < -0.39 is 12.0 Å². The Morgan fingerprint density at radius 1 is 1.19 bits per heavy atom. The molecule has 1 saturated heterocycles. The van der Waals surface area contributed by atoms with Gasteiger partial charge in [0.2, 0.25) is 0 Å². The summed E-state index contributed by atoms with van der Waals surface area (Å²) in [5, 5.41) is 16.3. The third kappa shape index (κ3) is 2.80. The maximum atomic E-state index is 12.4. The van der Waals surface area contributed by atoms with Crippen LogP contribution in [0.15, 0.2) is 6.07 Å². The van der Waals surface area contributed by atoms with Crippen LogP contribution in [-0.2, 0) is 4.79 Å². The van der Waals surface area contributed by atoms with Crippen LogP contribution in [0.3, 0.4) is 0 Å². The monoisotopic (exact) mass is 291 g/mol. The Morgan fingerprint density at radius 3 is 2.67 bits per heavy atom. The number of rotatable bonds is 3. The number of H-pyrrole nitrogens is 1. The summed E-state index contributed by atoms with van der Waals surface area (Å²) in [6, 6.07) is 1.11. The van der Waals surface area contributed by atoms with Crippen LogP contribution in [0.2, 0.25) is 0 Å². The van der Waals surface area contributed by atoms with Crippen molar-refractivity contribution < 1.29 is 14.7 Å². The van der Waals surface area contributed by atoms with E-state index in [2.05, 4.69) is 10.2 Å². The molecule has 6 heteroatoms. The Hall–Kier alpha value is -1.85. The van der Waals surface area contributed by atoms with Crippen molar-refractivity contribution in [2.75, 3.05) is 6.54 Å². The normalized spacial score (nSPS) is 23.4. The van der Waals surface area contributed by atoms with Crippen molar-refractivity contribution in [2.24, 2.45) is 0 Å². The topological polar surface area (TPSA) is 86.3 Å². The molecule has 1 aliphatic heterocycles.